The lowest BCUT2D eigenvalue weighted by Crippen LogP contribution is -2.56. The maximum atomic E-state index is 12.7. The Labute approximate surface area is 190 Å². The number of aliphatic imine (C=N–C) groups is 1. The molecule has 13 N–H and O–H groups in total. The van der Waals surface area contributed by atoms with Crippen molar-refractivity contribution in [2.75, 3.05) is 19.6 Å². The molecule has 3 atom stereocenters. The molecule has 0 radical (unpaired) electrons. The Morgan fingerprint density at radius 3 is 2.00 bits per heavy atom. The van der Waals surface area contributed by atoms with E-state index in [-0.39, 0.29) is 25.3 Å². The number of carboxylic acids is 2. The number of carboxylic acid groups (broad SMARTS) is 2. The fraction of sp³-hybridized carbons (Fsp3) is 0.667. The zero-order valence-electron chi connectivity index (χ0n) is 18.3. The third-order valence-corrected chi connectivity index (χ3v) is 4.31. The van der Waals surface area contributed by atoms with Crippen molar-refractivity contribution in [2.24, 2.45) is 27.9 Å². The van der Waals surface area contributed by atoms with E-state index >= 15 is 0 Å². The van der Waals surface area contributed by atoms with Gasteiger partial charge in [-0.1, -0.05) is 0 Å². The number of nitrogens with one attached hydrogen (secondary N) is 3. The molecule has 0 rings (SSSR count). The number of carbonyl (C=O) groups is 5. The van der Waals surface area contributed by atoms with Gasteiger partial charge in [0.25, 0.3) is 0 Å². The van der Waals surface area contributed by atoms with E-state index in [0.29, 0.717) is 25.8 Å². The van der Waals surface area contributed by atoms with Crippen LogP contribution in [0.1, 0.15) is 38.5 Å². The minimum absolute atomic E-state index is 0.111. The second kappa shape index (κ2) is 16.2. The van der Waals surface area contributed by atoms with Crippen LogP contribution in [0.4, 0.5) is 0 Å². The summed E-state index contributed by atoms with van der Waals surface area (Å²) in [6, 6.07) is -3.71. The predicted molar refractivity (Wildman–Crippen MR) is 118 cm³/mol. The van der Waals surface area contributed by atoms with Crippen LogP contribution in [0.2, 0.25) is 0 Å². The Bertz CT molecular complexity index is 712. The second-order valence-electron chi connectivity index (χ2n) is 7.17. The molecule has 33 heavy (non-hydrogen) atoms. The Kier molecular flexibility index (Phi) is 14.5. The van der Waals surface area contributed by atoms with Crippen LogP contribution in [0.3, 0.4) is 0 Å². The third kappa shape index (κ3) is 14.3. The fourth-order valence-corrected chi connectivity index (χ4v) is 2.63. The van der Waals surface area contributed by atoms with E-state index in [9.17, 15) is 24.0 Å². The summed E-state index contributed by atoms with van der Waals surface area (Å²) in [6.07, 6.45) is 0.900. The molecular formula is C18H34N8O7. The van der Waals surface area contributed by atoms with E-state index in [1.165, 1.54) is 0 Å². The molecule has 0 saturated heterocycles. The van der Waals surface area contributed by atoms with Crippen LogP contribution < -0.4 is 38.9 Å². The van der Waals surface area contributed by atoms with Gasteiger partial charge in [0.05, 0.1) is 12.5 Å². The summed E-state index contributed by atoms with van der Waals surface area (Å²) in [7, 11) is 0. The normalized spacial score (nSPS) is 13.2. The predicted octanol–water partition coefficient (Wildman–Crippen LogP) is -3.86. The molecule has 0 bridgehead atoms. The summed E-state index contributed by atoms with van der Waals surface area (Å²) in [5.41, 5.74) is 21.6. The maximum absolute atomic E-state index is 12.7. The average molecular weight is 475 g/mol. The van der Waals surface area contributed by atoms with Gasteiger partial charge in [0.15, 0.2) is 5.96 Å². The van der Waals surface area contributed by atoms with Crippen LogP contribution in [0.15, 0.2) is 4.99 Å². The summed E-state index contributed by atoms with van der Waals surface area (Å²) < 4.78 is 0. The molecule has 0 aliphatic carbocycles. The van der Waals surface area contributed by atoms with E-state index in [1.54, 1.807) is 0 Å². The molecule has 3 unspecified atom stereocenters. The van der Waals surface area contributed by atoms with Gasteiger partial charge in [-0.15, -0.1) is 0 Å². The number of nitrogens with zero attached hydrogens (tertiary/aromatic N) is 1. The molecule has 0 heterocycles. The van der Waals surface area contributed by atoms with Crippen molar-refractivity contribution < 1.29 is 34.2 Å². The number of nitrogens with two attached hydrogens (primary N) is 4. The van der Waals surface area contributed by atoms with E-state index in [4.69, 9.17) is 33.1 Å². The second-order valence-corrected chi connectivity index (χ2v) is 7.17. The molecule has 15 nitrogen and oxygen atoms in total. The van der Waals surface area contributed by atoms with Crippen LogP contribution >= 0.6 is 0 Å². The smallest absolute Gasteiger partial charge is 0.322 e. The number of hydrogen-bond donors (Lipinski definition) is 9. The average Bonchev–Trinajstić information content (AvgIpc) is 2.73. The Morgan fingerprint density at radius 2 is 1.45 bits per heavy atom. The summed E-state index contributed by atoms with van der Waals surface area (Å²) in [4.78, 5) is 62.9. The quantitative estimate of drug-likeness (QED) is 0.0558. The maximum Gasteiger partial charge on any atom is 0.322 e. The molecule has 3 amide bonds. The lowest BCUT2D eigenvalue weighted by Gasteiger charge is -2.23. The van der Waals surface area contributed by atoms with E-state index in [0.717, 1.165) is 0 Å². The first-order chi connectivity index (χ1) is 15.5. The zero-order valence-corrected chi connectivity index (χ0v) is 18.3. The fourth-order valence-electron chi connectivity index (χ4n) is 2.63. The highest BCUT2D eigenvalue weighted by molar-refractivity contribution is 5.95. The number of amides is 3. The topological polar surface area (TPSA) is 278 Å². The van der Waals surface area contributed by atoms with Crippen molar-refractivity contribution in [3.8, 4) is 0 Å². The number of unbranched alkanes of at least 4 members (excludes halogenated alkanes) is 1. The van der Waals surface area contributed by atoms with Crippen molar-refractivity contribution in [3.05, 3.63) is 0 Å². The van der Waals surface area contributed by atoms with Gasteiger partial charge in [0.2, 0.25) is 17.7 Å². The number of hydrogen-bond acceptors (Lipinski definition) is 8. The first kappa shape index (κ1) is 29.5. The van der Waals surface area contributed by atoms with Gasteiger partial charge in [-0.3, -0.25) is 29.0 Å². The van der Waals surface area contributed by atoms with Gasteiger partial charge >= 0.3 is 11.9 Å². The first-order valence-electron chi connectivity index (χ1n) is 10.3. The monoisotopic (exact) mass is 474 g/mol. The Balaban J connectivity index is 5.16. The summed E-state index contributed by atoms with van der Waals surface area (Å²) >= 11 is 0. The number of guanidine groups is 1. The van der Waals surface area contributed by atoms with Crippen LogP contribution in [0.25, 0.3) is 0 Å². The molecule has 0 aliphatic heterocycles. The number of rotatable bonds is 17. The zero-order chi connectivity index (χ0) is 25.4. The minimum atomic E-state index is -1.51. The van der Waals surface area contributed by atoms with Crippen LogP contribution in [0, 0.1) is 0 Å². The standard InChI is InChI=1S/C18H34N8O7/c19-6-2-1-5-11(16(32)24-9-14(29)30)25-17(33)12(8-13(27)28)26-15(31)10(20)4-3-7-23-18(21)22/h10-12H,1-9,19-20H2,(H,24,32)(H,25,33)(H,26,31)(H,27,28)(H,29,30)(H4,21,22,23). The van der Waals surface area contributed by atoms with Gasteiger partial charge in [-0.25, -0.2) is 0 Å². The highest BCUT2D eigenvalue weighted by atomic mass is 16.4. The van der Waals surface area contributed by atoms with Crippen LogP contribution in [0.5, 0.6) is 0 Å². The minimum Gasteiger partial charge on any atom is -0.481 e. The van der Waals surface area contributed by atoms with E-state index in [1.807, 2.05) is 0 Å². The van der Waals surface area contributed by atoms with Gasteiger partial charge in [-0.05, 0) is 38.6 Å². The summed E-state index contributed by atoms with van der Waals surface area (Å²) in [6.45, 7) is -0.0828. The Morgan fingerprint density at radius 1 is 0.818 bits per heavy atom. The van der Waals surface area contributed by atoms with Crippen molar-refractivity contribution >= 4 is 35.6 Å². The molecule has 0 aromatic carbocycles. The lowest BCUT2D eigenvalue weighted by molar-refractivity contribution is -0.141. The Hall–Kier alpha value is -3.46. The molecule has 188 valence electrons. The highest BCUT2D eigenvalue weighted by Gasteiger charge is 2.29. The van der Waals surface area contributed by atoms with Crippen LogP contribution in [-0.4, -0.2) is 83.6 Å². The molecule has 0 aromatic heterocycles. The molecule has 0 aromatic rings. The van der Waals surface area contributed by atoms with Gasteiger partial charge in [0.1, 0.15) is 18.6 Å². The molecular weight excluding hydrogens is 440 g/mol. The third-order valence-electron chi connectivity index (χ3n) is 4.31. The van der Waals surface area contributed by atoms with Gasteiger partial charge < -0.3 is 49.1 Å². The SMILES string of the molecule is NCCCCC(NC(=O)C(CC(=O)O)NC(=O)C(N)CCCN=C(N)N)C(=O)NCC(=O)O. The number of aliphatic carboxylic acids is 2. The van der Waals surface area contributed by atoms with Gasteiger partial charge in [-0.2, -0.15) is 0 Å². The molecule has 0 fully saturated rings. The van der Waals surface area contributed by atoms with Crippen molar-refractivity contribution in [1.82, 2.24) is 16.0 Å². The number of carbonyl (C=O) groups excluding carboxylic acids is 3. The molecule has 15 heteroatoms. The molecule has 0 spiro atoms. The highest BCUT2D eigenvalue weighted by Crippen LogP contribution is 2.04. The molecule has 0 saturated carbocycles. The summed E-state index contributed by atoms with van der Waals surface area (Å²) in [5.74, 6) is -5.22. The summed E-state index contributed by atoms with van der Waals surface area (Å²) in [5, 5.41) is 24.6. The largest absolute Gasteiger partial charge is 0.481 e. The van der Waals surface area contributed by atoms with E-state index < -0.39 is 60.8 Å². The van der Waals surface area contributed by atoms with Crippen molar-refractivity contribution in [2.45, 2.75) is 56.7 Å². The van der Waals surface area contributed by atoms with Gasteiger partial charge in [0, 0.05) is 6.54 Å². The first-order valence-corrected chi connectivity index (χ1v) is 10.3. The van der Waals surface area contributed by atoms with Crippen LogP contribution in [-0.2, 0) is 24.0 Å². The van der Waals surface area contributed by atoms with E-state index in [2.05, 4.69) is 20.9 Å². The molecule has 0 aliphatic rings. The van der Waals surface area contributed by atoms with Crippen molar-refractivity contribution in [1.29, 1.82) is 0 Å². The lowest BCUT2D eigenvalue weighted by atomic mass is 10.1. The van der Waals surface area contributed by atoms with Crippen molar-refractivity contribution in [3.63, 3.8) is 0 Å².